The van der Waals surface area contributed by atoms with Gasteiger partial charge < -0.3 is 8.83 Å². The first-order valence-corrected chi connectivity index (χ1v) is 10.9. The lowest BCUT2D eigenvalue weighted by atomic mass is 10.3. The minimum Gasteiger partial charge on any atom is -0.460 e. The van der Waals surface area contributed by atoms with Crippen molar-refractivity contribution < 1.29 is 22.0 Å². The second-order valence-corrected chi connectivity index (χ2v) is 9.09. The van der Waals surface area contributed by atoms with Crippen molar-refractivity contribution in [3.63, 3.8) is 0 Å². The monoisotopic (exact) mass is 412 g/mol. The average Bonchev–Trinajstić information content (AvgIpc) is 3.09. The number of sulfone groups is 1. The zero-order valence-electron chi connectivity index (χ0n) is 15.7. The fourth-order valence-corrected chi connectivity index (χ4v) is 4.31. The van der Waals surface area contributed by atoms with Gasteiger partial charge in [-0.1, -0.05) is 25.1 Å². The van der Waals surface area contributed by atoms with E-state index in [0.29, 0.717) is 17.6 Å². The third-order valence-electron chi connectivity index (χ3n) is 4.80. The number of hydrogen-bond donors (Lipinski definition) is 1. The van der Waals surface area contributed by atoms with E-state index in [4.69, 9.17) is 8.83 Å². The lowest BCUT2D eigenvalue weighted by Gasteiger charge is -2.02. The summed E-state index contributed by atoms with van der Waals surface area (Å²) < 4.78 is 35.8. The molecular formula is C21H20N2O5S. The van der Waals surface area contributed by atoms with Gasteiger partial charge in [0.1, 0.15) is 23.0 Å². The number of nitrogens with zero attached hydrogens (tertiary/aromatic N) is 1. The molecule has 8 heteroatoms. The van der Waals surface area contributed by atoms with Crippen LogP contribution >= 0.6 is 0 Å². The quantitative estimate of drug-likeness (QED) is 0.471. The van der Waals surface area contributed by atoms with Crippen LogP contribution in [0.4, 0.5) is 0 Å². The molecule has 0 unspecified atom stereocenters. The fraction of sp³-hybridized carbons (Fsp3) is 0.238. The Morgan fingerprint density at radius 1 is 1.14 bits per heavy atom. The molecule has 0 bridgehead atoms. The third kappa shape index (κ3) is 4.48. The van der Waals surface area contributed by atoms with E-state index in [1.165, 1.54) is 30.5 Å². The van der Waals surface area contributed by atoms with Crippen molar-refractivity contribution in [2.24, 2.45) is 11.0 Å². The molecule has 0 spiro atoms. The second-order valence-electron chi connectivity index (χ2n) is 7.10. The average molecular weight is 412 g/mol. The van der Waals surface area contributed by atoms with Gasteiger partial charge in [0.15, 0.2) is 15.6 Å². The highest BCUT2D eigenvalue weighted by atomic mass is 32.2. The summed E-state index contributed by atoms with van der Waals surface area (Å²) in [5.41, 5.74) is 2.35. The maximum absolute atomic E-state index is 12.4. The largest absolute Gasteiger partial charge is 0.460 e. The molecule has 1 saturated carbocycles. The smallest absolute Gasteiger partial charge is 0.307 e. The predicted octanol–water partition coefficient (Wildman–Crippen LogP) is 3.73. The number of carbonyl (C=O) groups excluding carboxylic acids is 1. The molecule has 150 valence electrons. The van der Waals surface area contributed by atoms with E-state index in [-0.39, 0.29) is 22.2 Å². The zero-order chi connectivity index (χ0) is 20.4. The van der Waals surface area contributed by atoms with Crippen molar-refractivity contribution in [3.8, 4) is 0 Å². The Kier molecular flexibility index (Phi) is 5.10. The normalized spacial score (nSPS) is 18.8. The minimum absolute atomic E-state index is 0.0210. The highest BCUT2D eigenvalue weighted by molar-refractivity contribution is 7.90. The molecule has 4 rings (SSSR count). The van der Waals surface area contributed by atoms with Gasteiger partial charge in [-0.2, -0.15) is 5.10 Å². The summed E-state index contributed by atoms with van der Waals surface area (Å²) in [5, 5.41) is 3.86. The number of rotatable bonds is 7. The Morgan fingerprint density at radius 2 is 1.90 bits per heavy atom. The Hall–Kier alpha value is -3.13. The predicted molar refractivity (Wildman–Crippen MR) is 106 cm³/mol. The molecule has 0 radical (unpaired) electrons. The maximum Gasteiger partial charge on any atom is 0.307 e. The van der Waals surface area contributed by atoms with Crippen molar-refractivity contribution in [2.75, 3.05) is 0 Å². The number of hydrazone groups is 1. The molecule has 7 nitrogen and oxygen atoms in total. The third-order valence-corrected chi connectivity index (χ3v) is 6.46. The van der Waals surface area contributed by atoms with Crippen LogP contribution in [0.25, 0.3) is 0 Å². The Bertz CT molecular complexity index is 1140. The van der Waals surface area contributed by atoms with Crippen LogP contribution in [-0.4, -0.2) is 20.5 Å². The van der Waals surface area contributed by atoms with Crippen LogP contribution < -0.4 is 5.43 Å². The van der Waals surface area contributed by atoms with Crippen LogP contribution in [0.1, 0.15) is 47.1 Å². The standard InChI is InChI=1S/C21H20N2O5S/c1-14-11-18(14)19-9-7-15(27-19)12-22-23-21(24)20-10-8-16(28-20)13-29(25,26)17-5-3-2-4-6-17/h2-10,12,14,18H,11,13H2,1H3,(H,23,24)/b22-12-/t14-,18-/m0/s1. The molecule has 1 aliphatic rings. The van der Waals surface area contributed by atoms with Crippen molar-refractivity contribution >= 4 is 22.0 Å². The first-order chi connectivity index (χ1) is 13.9. The molecule has 1 fully saturated rings. The van der Waals surface area contributed by atoms with Crippen molar-refractivity contribution in [1.29, 1.82) is 0 Å². The lowest BCUT2D eigenvalue weighted by molar-refractivity contribution is 0.0926. The number of benzene rings is 1. The number of hydrogen-bond acceptors (Lipinski definition) is 6. The molecule has 3 aromatic rings. The molecule has 1 amide bonds. The van der Waals surface area contributed by atoms with Gasteiger partial charge in [-0.25, -0.2) is 13.8 Å². The van der Waals surface area contributed by atoms with Gasteiger partial charge in [0.2, 0.25) is 0 Å². The molecule has 2 heterocycles. The lowest BCUT2D eigenvalue weighted by Crippen LogP contribution is -2.16. The highest BCUT2D eigenvalue weighted by Gasteiger charge is 2.36. The summed E-state index contributed by atoms with van der Waals surface area (Å²) in [7, 11) is -3.55. The molecule has 29 heavy (non-hydrogen) atoms. The highest BCUT2D eigenvalue weighted by Crippen LogP contribution is 2.47. The van der Waals surface area contributed by atoms with E-state index >= 15 is 0 Å². The SMILES string of the molecule is C[C@H]1C[C@@H]1c1ccc(/C=N\NC(=O)c2ccc(CS(=O)(=O)c3ccccc3)o2)o1. The van der Waals surface area contributed by atoms with Crippen molar-refractivity contribution in [3.05, 3.63) is 77.6 Å². The van der Waals surface area contributed by atoms with Gasteiger partial charge in [0.05, 0.1) is 11.1 Å². The topological polar surface area (TPSA) is 102 Å². The number of carbonyl (C=O) groups is 1. The minimum atomic E-state index is -3.55. The van der Waals surface area contributed by atoms with E-state index < -0.39 is 15.7 Å². The summed E-state index contributed by atoms with van der Waals surface area (Å²) in [6, 6.07) is 14.7. The van der Waals surface area contributed by atoms with Crippen LogP contribution in [0.15, 0.2) is 73.4 Å². The van der Waals surface area contributed by atoms with E-state index in [1.54, 1.807) is 24.3 Å². The van der Waals surface area contributed by atoms with Gasteiger partial charge in [0, 0.05) is 5.92 Å². The van der Waals surface area contributed by atoms with Crippen LogP contribution in [0, 0.1) is 5.92 Å². The van der Waals surface area contributed by atoms with E-state index in [2.05, 4.69) is 17.5 Å². The molecule has 2 atom stereocenters. The summed E-state index contributed by atoms with van der Waals surface area (Å²) in [5.74, 6) is 1.85. The fourth-order valence-electron chi connectivity index (χ4n) is 3.04. The van der Waals surface area contributed by atoms with Crippen LogP contribution in [0.2, 0.25) is 0 Å². The van der Waals surface area contributed by atoms with Gasteiger partial charge in [-0.3, -0.25) is 4.79 Å². The summed E-state index contributed by atoms with van der Waals surface area (Å²) in [6.07, 6.45) is 2.54. The van der Waals surface area contributed by atoms with Crippen molar-refractivity contribution in [2.45, 2.75) is 29.9 Å². The molecule has 0 saturated heterocycles. The van der Waals surface area contributed by atoms with Crippen LogP contribution in [0.5, 0.6) is 0 Å². The molecule has 0 aliphatic heterocycles. The molecule has 1 aromatic carbocycles. The van der Waals surface area contributed by atoms with Gasteiger partial charge in [-0.05, 0) is 48.7 Å². The number of nitrogens with one attached hydrogen (secondary N) is 1. The molecule has 1 N–H and O–H groups in total. The van der Waals surface area contributed by atoms with Crippen molar-refractivity contribution in [1.82, 2.24) is 5.43 Å². The summed E-state index contributed by atoms with van der Waals surface area (Å²) in [6.45, 7) is 2.17. The second kappa shape index (κ2) is 7.71. The Labute approximate surface area is 168 Å². The molecule has 2 aromatic heterocycles. The summed E-state index contributed by atoms with van der Waals surface area (Å²) >= 11 is 0. The zero-order valence-corrected chi connectivity index (χ0v) is 16.6. The first kappa shape index (κ1) is 19.2. The van der Waals surface area contributed by atoms with Gasteiger partial charge >= 0.3 is 5.91 Å². The molecule has 1 aliphatic carbocycles. The first-order valence-electron chi connectivity index (χ1n) is 9.22. The van der Waals surface area contributed by atoms with E-state index in [9.17, 15) is 13.2 Å². The Morgan fingerprint density at radius 3 is 2.62 bits per heavy atom. The molecular weight excluding hydrogens is 392 g/mol. The van der Waals surface area contributed by atoms with E-state index in [0.717, 1.165) is 12.2 Å². The maximum atomic E-state index is 12.4. The van der Waals surface area contributed by atoms with Crippen LogP contribution in [0.3, 0.4) is 0 Å². The van der Waals surface area contributed by atoms with Crippen LogP contribution in [-0.2, 0) is 15.6 Å². The van der Waals surface area contributed by atoms with E-state index in [1.807, 2.05) is 6.07 Å². The van der Waals surface area contributed by atoms with Gasteiger partial charge in [-0.15, -0.1) is 0 Å². The van der Waals surface area contributed by atoms with Gasteiger partial charge in [0.25, 0.3) is 0 Å². The summed E-state index contributed by atoms with van der Waals surface area (Å²) in [4.78, 5) is 12.4. The Balaban J connectivity index is 1.35. The number of amides is 1. The number of furan rings is 2.